The number of nitro groups is 1. The minimum atomic E-state index is -0.472. The molecule has 2 aromatic heterocycles. The van der Waals surface area contributed by atoms with E-state index in [0.29, 0.717) is 25.1 Å². The van der Waals surface area contributed by atoms with Crippen molar-refractivity contribution in [2.45, 2.75) is 9.50 Å². The van der Waals surface area contributed by atoms with E-state index in [0.717, 1.165) is 16.9 Å². The Morgan fingerprint density at radius 1 is 1.35 bits per heavy atom. The minimum absolute atomic E-state index is 0.00491. The Hall–Kier alpha value is -1.35. The smallest absolute Gasteiger partial charge is 0.333 e. The topological polar surface area (TPSA) is 84.7 Å². The van der Waals surface area contributed by atoms with Gasteiger partial charge in [0.05, 0.1) is 26.0 Å². The standard InChI is InChI=1S/C10H4Cl2N4O2S2/c11-4-1-6-7(2-5(4)12)15-9(14-6)20-10-13-3-8(19-10)16(17)18/h1-3H,(H,14,15). The van der Waals surface area contributed by atoms with E-state index in [1.54, 1.807) is 12.1 Å². The van der Waals surface area contributed by atoms with Gasteiger partial charge in [-0.3, -0.25) is 10.1 Å². The van der Waals surface area contributed by atoms with Gasteiger partial charge in [-0.25, -0.2) is 9.97 Å². The SMILES string of the molecule is O=[N+]([O-])c1cnc(Sc2nc3cc(Cl)c(Cl)cc3[nH]2)s1. The van der Waals surface area contributed by atoms with Gasteiger partial charge in [-0.2, -0.15) is 0 Å². The van der Waals surface area contributed by atoms with Gasteiger partial charge in [0.1, 0.15) is 6.20 Å². The highest BCUT2D eigenvalue weighted by molar-refractivity contribution is 8.00. The number of imidazole rings is 1. The largest absolute Gasteiger partial charge is 0.344 e. The molecule has 0 saturated heterocycles. The number of nitrogens with one attached hydrogen (secondary N) is 1. The Labute approximate surface area is 130 Å². The summed E-state index contributed by atoms with van der Waals surface area (Å²) in [6.07, 6.45) is 1.23. The van der Waals surface area contributed by atoms with E-state index >= 15 is 0 Å². The van der Waals surface area contributed by atoms with E-state index in [4.69, 9.17) is 23.2 Å². The predicted octanol–water partition coefficient (Wildman–Crippen LogP) is 4.39. The Morgan fingerprint density at radius 3 is 2.80 bits per heavy atom. The van der Waals surface area contributed by atoms with Crippen LogP contribution < -0.4 is 0 Å². The molecule has 0 saturated carbocycles. The molecule has 0 unspecified atom stereocenters. The highest BCUT2D eigenvalue weighted by Crippen LogP contribution is 2.34. The third kappa shape index (κ3) is 2.59. The summed E-state index contributed by atoms with van der Waals surface area (Å²) >= 11 is 14.0. The van der Waals surface area contributed by atoms with Gasteiger partial charge >= 0.3 is 5.00 Å². The van der Waals surface area contributed by atoms with E-state index in [1.165, 1.54) is 18.0 Å². The molecule has 0 radical (unpaired) electrons. The molecule has 10 heteroatoms. The highest BCUT2D eigenvalue weighted by atomic mass is 35.5. The van der Waals surface area contributed by atoms with Crippen LogP contribution in [0.15, 0.2) is 27.8 Å². The molecule has 0 amide bonds. The van der Waals surface area contributed by atoms with Gasteiger partial charge in [-0.1, -0.05) is 23.2 Å². The molecule has 3 aromatic rings. The van der Waals surface area contributed by atoms with Gasteiger partial charge in [0.15, 0.2) is 9.50 Å². The molecule has 1 aromatic carbocycles. The van der Waals surface area contributed by atoms with E-state index in [9.17, 15) is 10.1 Å². The molecule has 0 fully saturated rings. The molecule has 0 aliphatic carbocycles. The Kier molecular flexibility index (Phi) is 3.55. The minimum Gasteiger partial charge on any atom is -0.333 e. The molecule has 6 nitrogen and oxygen atoms in total. The average molecular weight is 347 g/mol. The Bertz CT molecular complexity index is 778. The lowest BCUT2D eigenvalue weighted by atomic mass is 10.3. The number of aromatic amines is 1. The first-order chi connectivity index (χ1) is 9.52. The molecule has 2 heterocycles. The third-order valence-corrected chi connectivity index (χ3v) is 4.97. The maximum atomic E-state index is 10.6. The molecular weight excluding hydrogens is 343 g/mol. The summed E-state index contributed by atoms with van der Waals surface area (Å²) in [5, 5.41) is 12.0. The second kappa shape index (κ2) is 5.21. The van der Waals surface area contributed by atoms with E-state index in [1.807, 2.05) is 0 Å². The zero-order valence-electron chi connectivity index (χ0n) is 9.46. The first-order valence-corrected chi connectivity index (χ1v) is 7.54. The van der Waals surface area contributed by atoms with Crippen LogP contribution in [0.2, 0.25) is 10.0 Å². The van der Waals surface area contributed by atoms with Gasteiger partial charge in [0.2, 0.25) is 0 Å². The lowest BCUT2D eigenvalue weighted by molar-refractivity contribution is -0.380. The fourth-order valence-electron chi connectivity index (χ4n) is 1.49. The lowest BCUT2D eigenvalue weighted by Gasteiger charge is -1.93. The van der Waals surface area contributed by atoms with Crippen LogP contribution in [0.4, 0.5) is 5.00 Å². The van der Waals surface area contributed by atoms with Crippen LogP contribution in [0, 0.1) is 10.1 Å². The van der Waals surface area contributed by atoms with E-state index < -0.39 is 4.92 Å². The van der Waals surface area contributed by atoms with Gasteiger partial charge in [-0.15, -0.1) is 0 Å². The summed E-state index contributed by atoms with van der Waals surface area (Å²) in [6, 6.07) is 3.34. The number of nitrogens with zero attached hydrogens (tertiary/aromatic N) is 3. The number of rotatable bonds is 3. The van der Waals surface area contributed by atoms with Crippen molar-refractivity contribution < 1.29 is 4.92 Å². The van der Waals surface area contributed by atoms with Gasteiger partial charge in [0, 0.05) is 0 Å². The van der Waals surface area contributed by atoms with Crippen LogP contribution in [-0.4, -0.2) is 19.9 Å². The van der Waals surface area contributed by atoms with Crippen LogP contribution in [-0.2, 0) is 0 Å². The summed E-state index contributed by atoms with van der Waals surface area (Å²) in [5.74, 6) is 0. The molecule has 0 aliphatic heterocycles. The number of halogens is 2. The summed E-state index contributed by atoms with van der Waals surface area (Å²) in [4.78, 5) is 21.5. The maximum absolute atomic E-state index is 10.6. The Morgan fingerprint density at radius 2 is 2.10 bits per heavy atom. The number of hydrogen-bond acceptors (Lipinski definition) is 6. The third-order valence-electron chi connectivity index (χ3n) is 2.34. The van der Waals surface area contributed by atoms with Crippen LogP contribution >= 0.6 is 46.3 Å². The number of fused-ring (bicyclic) bond motifs is 1. The zero-order chi connectivity index (χ0) is 14.3. The first-order valence-electron chi connectivity index (χ1n) is 5.16. The fourth-order valence-corrected chi connectivity index (χ4v) is 3.52. The van der Waals surface area contributed by atoms with E-state index in [2.05, 4.69) is 15.0 Å². The quantitative estimate of drug-likeness (QED) is 0.561. The summed E-state index contributed by atoms with van der Waals surface area (Å²) in [6.45, 7) is 0. The first kappa shape index (κ1) is 13.6. The van der Waals surface area contributed by atoms with Crippen molar-refractivity contribution >= 4 is 62.3 Å². The highest BCUT2D eigenvalue weighted by Gasteiger charge is 2.14. The molecule has 102 valence electrons. The number of hydrogen-bond donors (Lipinski definition) is 1. The van der Waals surface area contributed by atoms with Crippen molar-refractivity contribution in [3.8, 4) is 0 Å². The van der Waals surface area contributed by atoms with E-state index in [-0.39, 0.29) is 5.00 Å². The van der Waals surface area contributed by atoms with Crippen molar-refractivity contribution in [1.29, 1.82) is 0 Å². The molecule has 3 rings (SSSR count). The van der Waals surface area contributed by atoms with Gasteiger partial charge in [-0.05, 0) is 35.2 Å². The predicted molar refractivity (Wildman–Crippen MR) is 79.0 cm³/mol. The lowest BCUT2D eigenvalue weighted by Crippen LogP contribution is -1.80. The van der Waals surface area contributed by atoms with Gasteiger partial charge < -0.3 is 4.98 Å². The van der Waals surface area contributed by atoms with Crippen LogP contribution in [0.1, 0.15) is 0 Å². The van der Waals surface area contributed by atoms with Crippen molar-refractivity contribution in [3.63, 3.8) is 0 Å². The van der Waals surface area contributed by atoms with Crippen molar-refractivity contribution in [3.05, 3.63) is 38.5 Å². The number of aromatic nitrogens is 3. The fraction of sp³-hybridized carbons (Fsp3) is 0. The van der Waals surface area contributed by atoms with Crippen LogP contribution in [0.25, 0.3) is 11.0 Å². The number of thiazole rings is 1. The Balaban J connectivity index is 1.92. The van der Waals surface area contributed by atoms with Gasteiger partial charge in [0.25, 0.3) is 0 Å². The monoisotopic (exact) mass is 346 g/mol. The van der Waals surface area contributed by atoms with Crippen molar-refractivity contribution in [2.24, 2.45) is 0 Å². The normalized spacial score (nSPS) is 11.1. The molecule has 20 heavy (non-hydrogen) atoms. The number of H-pyrrole nitrogens is 1. The van der Waals surface area contributed by atoms with Crippen molar-refractivity contribution in [2.75, 3.05) is 0 Å². The summed E-state index contributed by atoms with van der Waals surface area (Å²) in [5.41, 5.74) is 1.42. The second-order valence-electron chi connectivity index (χ2n) is 3.65. The molecule has 0 bridgehead atoms. The van der Waals surface area contributed by atoms with Crippen LogP contribution in [0.5, 0.6) is 0 Å². The second-order valence-corrected chi connectivity index (χ2v) is 6.71. The molecule has 0 atom stereocenters. The number of benzene rings is 1. The summed E-state index contributed by atoms with van der Waals surface area (Å²) < 4.78 is 0.535. The average Bonchev–Trinajstić information content (AvgIpc) is 2.97. The maximum Gasteiger partial charge on any atom is 0.344 e. The molecule has 1 N–H and O–H groups in total. The molecular formula is C10H4Cl2N4O2S2. The zero-order valence-corrected chi connectivity index (χ0v) is 12.6. The molecule has 0 aliphatic rings. The van der Waals surface area contributed by atoms with Crippen LogP contribution in [0.3, 0.4) is 0 Å². The molecule has 0 spiro atoms. The summed E-state index contributed by atoms with van der Waals surface area (Å²) in [7, 11) is 0. The van der Waals surface area contributed by atoms with Crippen molar-refractivity contribution in [1.82, 2.24) is 15.0 Å².